The molecule has 0 fully saturated rings. The van der Waals surface area contributed by atoms with E-state index in [-0.39, 0.29) is 17.3 Å². The van der Waals surface area contributed by atoms with Crippen LogP contribution in [-0.2, 0) is 4.79 Å². The number of nitro groups is 1. The second-order valence-electron chi connectivity index (χ2n) is 4.03. The summed E-state index contributed by atoms with van der Waals surface area (Å²) in [5, 5.41) is 12.9. The van der Waals surface area contributed by atoms with Crippen LogP contribution in [0.3, 0.4) is 0 Å². The van der Waals surface area contributed by atoms with E-state index in [9.17, 15) is 19.3 Å². The van der Waals surface area contributed by atoms with E-state index >= 15 is 0 Å². The first-order valence-corrected chi connectivity index (χ1v) is 5.90. The van der Waals surface area contributed by atoms with Gasteiger partial charge in [0.1, 0.15) is 17.8 Å². The fraction of sp³-hybridized carbons (Fsp3) is 0. The van der Waals surface area contributed by atoms with Crippen LogP contribution >= 0.6 is 0 Å². The smallest absolute Gasteiger partial charge is 0.287 e. The largest absolute Gasteiger partial charge is 0.307 e. The lowest BCUT2D eigenvalue weighted by molar-refractivity contribution is -0.385. The van der Waals surface area contributed by atoms with Gasteiger partial charge in [0.2, 0.25) is 5.91 Å². The van der Waals surface area contributed by atoms with Crippen LogP contribution in [0, 0.1) is 15.9 Å². The number of nitrogens with one attached hydrogen (secondary N) is 1. The minimum absolute atomic E-state index is 0.158. The van der Waals surface area contributed by atoms with E-state index < -0.39 is 10.8 Å². The number of rotatable bonds is 4. The predicted molar refractivity (Wildman–Crippen MR) is 75.0 cm³/mol. The van der Waals surface area contributed by atoms with Gasteiger partial charge in [-0.25, -0.2) is 9.37 Å². The van der Waals surface area contributed by atoms with Crippen LogP contribution in [0.2, 0.25) is 0 Å². The summed E-state index contributed by atoms with van der Waals surface area (Å²) in [6.07, 6.45) is 3.83. The summed E-state index contributed by atoms with van der Waals surface area (Å²) in [5.41, 5.74) is 0.512. The molecule has 1 heterocycles. The minimum Gasteiger partial charge on any atom is -0.307 e. The highest BCUT2D eigenvalue weighted by Gasteiger charge is 2.06. The van der Waals surface area contributed by atoms with Crippen LogP contribution in [0.15, 0.2) is 48.7 Å². The highest BCUT2D eigenvalue weighted by Crippen LogP contribution is 2.12. The molecule has 0 spiro atoms. The number of benzene rings is 1. The number of nitrogens with zero attached hydrogens (tertiary/aromatic N) is 2. The van der Waals surface area contributed by atoms with Gasteiger partial charge in [0, 0.05) is 12.1 Å². The molecule has 0 aliphatic rings. The van der Waals surface area contributed by atoms with Crippen molar-refractivity contribution in [1.82, 2.24) is 4.98 Å². The maximum absolute atomic E-state index is 12.7. The normalized spacial score (nSPS) is 10.5. The molecule has 0 bridgehead atoms. The molecule has 0 unspecified atom stereocenters. The molecule has 2 rings (SSSR count). The van der Waals surface area contributed by atoms with Crippen molar-refractivity contribution in [3.63, 3.8) is 0 Å². The Morgan fingerprint density at radius 1 is 1.24 bits per heavy atom. The summed E-state index contributed by atoms with van der Waals surface area (Å²) in [6.45, 7) is 0. The molecule has 0 aliphatic carbocycles. The Hall–Kier alpha value is -3.09. The average Bonchev–Trinajstić information content (AvgIpc) is 2.47. The summed E-state index contributed by atoms with van der Waals surface area (Å²) in [5.74, 6) is -0.596. The third-order valence-corrected chi connectivity index (χ3v) is 2.51. The quantitative estimate of drug-likeness (QED) is 0.532. The molecule has 0 saturated heterocycles. The number of halogens is 1. The number of hydrogen-bond acceptors (Lipinski definition) is 4. The van der Waals surface area contributed by atoms with Gasteiger partial charge in [0.15, 0.2) is 0 Å². The molecule has 1 amide bonds. The van der Waals surface area contributed by atoms with Gasteiger partial charge in [-0.2, -0.15) is 0 Å². The van der Waals surface area contributed by atoms with Gasteiger partial charge in [-0.1, -0.05) is 12.1 Å². The lowest BCUT2D eigenvalue weighted by atomic mass is 10.2. The molecule has 1 N–H and O–H groups in total. The average molecular weight is 287 g/mol. The maximum atomic E-state index is 12.7. The van der Waals surface area contributed by atoms with E-state index in [1.54, 1.807) is 0 Å². The lowest BCUT2D eigenvalue weighted by Gasteiger charge is -2.00. The van der Waals surface area contributed by atoms with Gasteiger partial charge in [-0.15, -0.1) is 0 Å². The maximum Gasteiger partial charge on any atom is 0.287 e. The van der Waals surface area contributed by atoms with Crippen LogP contribution in [-0.4, -0.2) is 15.8 Å². The first-order valence-electron chi connectivity index (χ1n) is 5.90. The van der Waals surface area contributed by atoms with Gasteiger partial charge >= 0.3 is 0 Å². The standard InChI is InChI=1S/C14H10FN3O3/c15-11-4-1-10(2-5-11)3-8-14(19)17-13-7-6-12(9-16-13)18(20)21/h1-9H,(H,16,17,19). The van der Waals surface area contributed by atoms with Crippen molar-refractivity contribution >= 4 is 23.5 Å². The number of anilines is 1. The molecule has 0 radical (unpaired) electrons. The molecule has 21 heavy (non-hydrogen) atoms. The second-order valence-corrected chi connectivity index (χ2v) is 4.03. The Kier molecular flexibility index (Phi) is 4.35. The Morgan fingerprint density at radius 2 is 1.95 bits per heavy atom. The van der Waals surface area contributed by atoms with Crippen molar-refractivity contribution in [2.75, 3.05) is 5.32 Å². The SMILES string of the molecule is O=C(C=Cc1ccc(F)cc1)Nc1ccc([N+](=O)[O-])cn1. The fourth-order valence-electron chi connectivity index (χ4n) is 1.48. The number of carbonyl (C=O) groups is 1. The summed E-state index contributed by atoms with van der Waals surface area (Å²) in [4.78, 5) is 25.3. The number of carbonyl (C=O) groups excluding carboxylic acids is 1. The van der Waals surface area contributed by atoms with Crippen LogP contribution in [0.25, 0.3) is 6.08 Å². The fourth-order valence-corrected chi connectivity index (χ4v) is 1.48. The summed E-state index contributed by atoms with van der Waals surface area (Å²) in [6, 6.07) is 8.21. The Morgan fingerprint density at radius 3 is 2.52 bits per heavy atom. The highest BCUT2D eigenvalue weighted by molar-refractivity contribution is 6.01. The second kappa shape index (κ2) is 6.38. The molecule has 0 atom stereocenters. The van der Waals surface area contributed by atoms with Gasteiger partial charge in [0.25, 0.3) is 5.69 Å². The van der Waals surface area contributed by atoms with Gasteiger partial charge in [-0.05, 0) is 29.8 Å². The van der Waals surface area contributed by atoms with E-state index in [1.807, 2.05) is 0 Å². The van der Waals surface area contributed by atoms with Crippen LogP contribution in [0.5, 0.6) is 0 Å². The topological polar surface area (TPSA) is 85.1 Å². The molecule has 106 valence electrons. The van der Waals surface area contributed by atoms with Crippen LogP contribution in [0.4, 0.5) is 15.9 Å². The summed E-state index contributed by atoms with van der Waals surface area (Å²) >= 11 is 0. The van der Waals surface area contributed by atoms with E-state index in [4.69, 9.17) is 0 Å². The number of hydrogen-bond donors (Lipinski definition) is 1. The zero-order chi connectivity index (χ0) is 15.2. The molecular weight excluding hydrogens is 277 g/mol. The monoisotopic (exact) mass is 287 g/mol. The molecule has 6 nitrogen and oxygen atoms in total. The lowest BCUT2D eigenvalue weighted by Crippen LogP contribution is -2.09. The molecule has 0 aliphatic heterocycles. The van der Waals surface area contributed by atoms with Crippen molar-refractivity contribution in [1.29, 1.82) is 0 Å². The Labute approximate surface area is 119 Å². The molecule has 1 aromatic heterocycles. The van der Waals surface area contributed by atoms with Crippen molar-refractivity contribution in [2.45, 2.75) is 0 Å². The number of amides is 1. The third-order valence-electron chi connectivity index (χ3n) is 2.51. The number of aromatic nitrogens is 1. The molecule has 1 aromatic carbocycles. The van der Waals surface area contributed by atoms with Crippen molar-refractivity contribution in [2.24, 2.45) is 0 Å². The zero-order valence-corrected chi connectivity index (χ0v) is 10.7. The Balaban J connectivity index is 1.98. The van der Waals surface area contributed by atoms with E-state index in [0.29, 0.717) is 5.56 Å². The Bertz CT molecular complexity index is 682. The van der Waals surface area contributed by atoms with Gasteiger partial charge in [0.05, 0.1) is 4.92 Å². The molecule has 0 saturated carbocycles. The zero-order valence-electron chi connectivity index (χ0n) is 10.7. The van der Waals surface area contributed by atoms with E-state index in [2.05, 4.69) is 10.3 Å². The van der Waals surface area contributed by atoms with E-state index in [0.717, 1.165) is 6.20 Å². The van der Waals surface area contributed by atoms with Gasteiger partial charge in [-0.3, -0.25) is 14.9 Å². The van der Waals surface area contributed by atoms with Gasteiger partial charge < -0.3 is 5.32 Å². The minimum atomic E-state index is -0.576. The third kappa shape index (κ3) is 4.20. The molecule has 7 heteroatoms. The van der Waals surface area contributed by atoms with E-state index in [1.165, 1.54) is 48.6 Å². The van der Waals surface area contributed by atoms with Crippen molar-refractivity contribution < 1.29 is 14.1 Å². The summed E-state index contributed by atoms with van der Waals surface area (Å²) in [7, 11) is 0. The first kappa shape index (κ1) is 14.3. The summed E-state index contributed by atoms with van der Waals surface area (Å²) < 4.78 is 12.7. The predicted octanol–water partition coefficient (Wildman–Crippen LogP) is 2.78. The van der Waals surface area contributed by atoms with Crippen LogP contribution in [0.1, 0.15) is 5.56 Å². The number of pyridine rings is 1. The first-order chi connectivity index (χ1) is 10.0. The highest BCUT2D eigenvalue weighted by atomic mass is 19.1. The van der Waals surface area contributed by atoms with Crippen molar-refractivity contribution in [3.8, 4) is 0 Å². The molecule has 2 aromatic rings. The van der Waals surface area contributed by atoms with Crippen molar-refractivity contribution in [3.05, 3.63) is 70.2 Å². The van der Waals surface area contributed by atoms with Crippen LogP contribution < -0.4 is 5.32 Å². The molecular formula is C14H10FN3O3.